The highest BCUT2D eigenvalue weighted by Gasteiger charge is 2.59. The van der Waals surface area contributed by atoms with Crippen LogP contribution >= 0.6 is 7.75 Å². The minimum Gasteiger partial charge on any atom is -0.464 e. The number of ether oxygens (including phenoxy) is 4. The van der Waals surface area contributed by atoms with Crippen LogP contribution in [0.3, 0.4) is 0 Å². The number of aromatic nitrogens is 3. The minimum atomic E-state index is -4.41. The average Bonchev–Trinajstić information content (AvgIpc) is 3.71. The lowest BCUT2D eigenvalue weighted by Crippen LogP contribution is -2.46. The normalized spacial score (nSPS) is 22.7. The Hall–Kier alpha value is -4.04. The molecule has 55 heavy (non-hydrogen) atoms. The molecule has 2 aromatic heterocycles. The van der Waals surface area contributed by atoms with Gasteiger partial charge in [-0.05, 0) is 80.8 Å². The molecule has 1 aliphatic carbocycles. The predicted molar refractivity (Wildman–Crippen MR) is 204 cm³/mol. The van der Waals surface area contributed by atoms with Crippen molar-refractivity contribution in [2.24, 2.45) is 17.8 Å². The lowest BCUT2D eigenvalue weighted by molar-refractivity contribution is -0.175. The molecule has 0 radical (unpaired) electrons. The van der Waals surface area contributed by atoms with Crippen LogP contribution < -0.4 is 15.3 Å². The number of carbonyl (C=O) groups is 3. The molecule has 1 aromatic carbocycles. The predicted octanol–water partition coefficient (Wildman–Crippen LogP) is 6.10. The fraction of sp³-hybridized carbons (Fsp3) is 0.615. The zero-order chi connectivity index (χ0) is 40.1. The van der Waals surface area contributed by atoms with E-state index in [1.165, 1.54) is 23.3 Å². The molecule has 1 saturated heterocycles. The first-order valence-corrected chi connectivity index (χ1v) is 20.8. The molecule has 0 amide bonds. The van der Waals surface area contributed by atoms with E-state index in [-0.39, 0.29) is 24.1 Å². The molecule has 5 rings (SSSR count). The summed E-state index contributed by atoms with van der Waals surface area (Å²) in [5.74, 6) is -2.18. The highest BCUT2D eigenvalue weighted by Crippen LogP contribution is 2.49. The standard InChI is InChI=1S/C39H56N5O10P/c1-9-26(10-2)20-49-38(47)25(7)43-55(48,54-29-16-15-27-13-11-12-14-28(27)19-29)50-21-31-33(51-36(45)23(3)4)34(52-37(46)24(5)6)39(8,53-31)32-18-17-30-35(40)41-22-42-44(30)32/h15-19,22-26,31,33-34H,9-14,20-21H2,1-8H3,(H,43,48)(H2,40,41,42)/t25-,31+,33+,34+,39-,55?/m0/s1. The van der Waals surface area contributed by atoms with E-state index in [2.05, 4.69) is 15.2 Å². The van der Waals surface area contributed by atoms with Crippen LogP contribution in [0.25, 0.3) is 5.52 Å². The highest BCUT2D eigenvalue weighted by atomic mass is 31.2. The number of benzene rings is 1. The Morgan fingerprint density at radius 3 is 2.33 bits per heavy atom. The topological polar surface area (TPSA) is 192 Å². The maximum Gasteiger partial charge on any atom is 0.459 e. The van der Waals surface area contributed by atoms with E-state index in [9.17, 15) is 18.9 Å². The quantitative estimate of drug-likeness (QED) is 0.0906. The van der Waals surface area contributed by atoms with Gasteiger partial charge in [0.25, 0.3) is 0 Å². The lowest BCUT2D eigenvalue weighted by Gasteiger charge is -2.31. The number of nitrogens with two attached hydrogens (primary N) is 1. The summed E-state index contributed by atoms with van der Waals surface area (Å²) in [6.07, 6.45) is 3.23. The van der Waals surface area contributed by atoms with Gasteiger partial charge < -0.3 is 29.2 Å². The zero-order valence-corrected chi connectivity index (χ0v) is 34.0. The number of aryl methyl sites for hydroxylation is 2. The van der Waals surface area contributed by atoms with E-state index >= 15 is 0 Å². The van der Waals surface area contributed by atoms with Crippen LogP contribution in [0.1, 0.15) is 97.9 Å². The Kier molecular flexibility index (Phi) is 13.6. The highest BCUT2D eigenvalue weighted by molar-refractivity contribution is 7.52. The van der Waals surface area contributed by atoms with Crippen molar-refractivity contribution >= 4 is 37.0 Å². The molecule has 1 fully saturated rings. The molecule has 2 aliphatic rings. The molecule has 0 bridgehead atoms. The number of anilines is 1. The third-order valence-corrected chi connectivity index (χ3v) is 12.0. The Labute approximate surface area is 322 Å². The summed E-state index contributed by atoms with van der Waals surface area (Å²) >= 11 is 0. The van der Waals surface area contributed by atoms with Crippen molar-refractivity contribution in [3.63, 3.8) is 0 Å². The summed E-state index contributed by atoms with van der Waals surface area (Å²) in [5.41, 5.74) is 7.83. The molecule has 1 aliphatic heterocycles. The van der Waals surface area contributed by atoms with Crippen molar-refractivity contribution < 1.29 is 46.9 Å². The number of carbonyl (C=O) groups excluding carboxylic acids is 3. The summed E-state index contributed by atoms with van der Waals surface area (Å²) in [5, 5.41) is 7.15. The van der Waals surface area contributed by atoms with Gasteiger partial charge in [0.1, 0.15) is 35.3 Å². The minimum absolute atomic E-state index is 0.184. The van der Waals surface area contributed by atoms with Crippen molar-refractivity contribution in [1.82, 2.24) is 19.7 Å². The number of fused-ring (bicyclic) bond motifs is 2. The van der Waals surface area contributed by atoms with Crippen LogP contribution in [0.4, 0.5) is 5.82 Å². The summed E-state index contributed by atoms with van der Waals surface area (Å²) in [7, 11) is -4.41. The molecule has 6 atom stereocenters. The number of nitrogens with one attached hydrogen (secondary N) is 1. The van der Waals surface area contributed by atoms with Gasteiger partial charge in [0.15, 0.2) is 18.0 Å². The SMILES string of the molecule is CCC(CC)COC(=O)[C@H](C)NP(=O)(OC[C@H]1O[C@@](C)(c2ccc3c(N)ncnn23)[C@H](OC(=O)C(C)C)[C@@H]1OC(=O)C(C)C)Oc1ccc2c(c1)CCCC2. The Bertz CT molecular complexity index is 1880. The number of nitrogen functional groups attached to an aromatic ring is 1. The first kappa shape index (κ1) is 42.1. The van der Waals surface area contributed by atoms with Crippen molar-refractivity contribution in [2.75, 3.05) is 18.9 Å². The van der Waals surface area contributed by atoms with Gasteiger partial charge in [0.05, 0.1) is 30.7 Å². The van der Waals surface area contributed by atoms with E-state index in [1.54, 1.807) is 52.8 Å². The van der Waals surface area contributed by atoms with Gasteiger partial charge >= 0.3 is 25.7 Å². The van der Waals surface area contributed by atoms with Crippen molar-refractivity contribution in [2.45, 2.75) is 124 Å². The third kappa shape index (κ3) is 9.68. The van der Waals surface area contributed by atoms with Crippen LogP contribution in [-0.4, -0.2) is 70.1 Å². The maximum atomic E-state index is 14.8. The monoisotopic (exact) mass is 785 g/mol. The molecule has 15 nitrogen and oxygen atoms in total. The van der Waals surface area contributed by atoms with E-state index in [1.807, 2.05) is 26.0 Å². The number of rotatable bonds is 17. The molecule has 3 heterocycles. The Morgan fingerprint density at radius 2 is 1.65 bits per heavy atom. The van der Waals surface area contributed by atoms with Crippen LogP contribution in [-0.2, 0) is 60.9 Å². The van der Waals surface area contributed by atoms with E-state index in [0.717, 1.165) is 44.1 Å². The van der Waals surface area contributed by atoms with Crippen LogP contribution in [0, 0.1) is 17.8 Å². The van der Waals surface area contributed by atoms with Gasteiger partial charge in [0, 0.05) is 0 Å². The van der Waals surface area contributed by atoms with Crippen LogP contribution in [0.2, 0.25) is 0 Å². The smallest absolute Gasteiger partial charge is 0.459 e. The van der Waals surface area contributed by atoms with Crippen molar-refractivity contribution in [3.05, 3.63) is 53.5 Å². The van der Waals surface area contributed by atoms with Gasteiger partial charge in [-0.25, -0.2) is 14.1 Å². The van der Waals surface area contributed by atoms with Crippen molar-refractivity contribution in [1.29, 1.82) is 0 Å². The second-order valence-electron chi connectivity index (χ2n) is 15.2. The molecule has 3 aromatic rings. The van der Waals surface area contributed by atoms with Gasteiger partial charge in [-0.2, -0.15) is 10.2 Å². The molecular weight excluding hydrogens is 729 g/mol. The summed E-state index contributed by atoms with van der Waals surface area (Å²) in [4.78, 5) is 43.8. The Balaban J connectivity index is 1.50. The molecule has 3 N–H and O–H groups in total. The largest absolute Gasteiger partial charge is 0.464 e. The van der Waals surface area contributed by atoms with Gasteiger partial charge in [-0.1, -0.05) is 60.5 Å². The van der Waals surface area contributed by atoms with E-state index in [0.29, 0.717) is 11.2 Å². The summed E-state index contributed by atoms with van der Waals surface area (Å²) in [6.45, 7) is 13.7. The summed E-state index contributed by atoms with van der Waals surface area (Å²) in [6, 6.07) is 7.82. The number of esters is 3. The maximum absolute atomic E-state index is 14.8. The fourth-order valence-electron chi connectivity index (χ4n) is 6.78. The van der Waals surface area contributed by atoms with Crippen LogP contribution in [0.15, 0.2) is 36.7 Å². The third-order valence-electron chi connectivity index (χ3n) is 10.3. The van der Waals surface area contributed by atoms with E-state index < -0.39 is 74.1 Å². The van der Waals surface area contributed by atoms with Crippen molar-refractivity contribution in [3.8, 4) is 5.75 Å². The second kappa shape index (κ2) is 17.8. The van der Waals surface area contributed by atoms with Gasteiger partial charge in [0.2, 0.25) is 0 Å². The van der Waals surface area contributed by atoms with Crippen LogP contribution in [0.5, 0.6) is 5.75 Å². The molecule has 0 saturated carbocycles. The van der Waals surface area contributed by atoms with E-state index in [4.69, 9.17) is 33.7 Å². The molecule has 16 heteroatoms. The van der Waals surface area contributed by atoms with Gasteiger partial charge in [-0.15, -0.1) is 0 Å². The first-order valence-electron chi connectivity index (χ1n) is 19.3. The molecule has 1 unspecified atom stereocenters. The molecule has 302 valence electrons. The average molecular weight is 786 g/mol. The number of nitrogens with zero attached hydrogens (tertiary/aromatic N) is 3. The number of hydrogen-bond acceptors (Lipinski definition) is 13. The molecule has 0 spiro atoms. The zero-order valence-electron chi connectivity index (χ0n) is 33.1. The first-order chi connectivity index (χ1) is 26.1. The van der Waals surface area contributed by atoms with Gasteiger partial charge in [-0.3, -0.25) is 18.9 Å². The lowest BCUT2D eigenvalue weighted by atomic mass is 9.92. The summed E-state index contributed by atoms with van der Waals surface area (Å²) < 4.78 is 53.0. The second-order valence-corrected chi connectivity index (χ2v) is 16.9. The fourth-order valence-corrected chi connectivity index (χ4v) is 8.27. The number of hydrogen-bond donors (Lipinski definition) is 2. The molecular formula is C39H56N5O10P. The Morgan fingerprint density at radius 1 is 0.982 bits per heavy atom.